The number of aromatic nitrogens is 1. The average Bonchev–Trinajstić information content (AvgIpc) is 2.99. The van der Waals surface area contributed by atoms with Crippen LogP contribution in [0.15, 0.2) is 23.1 Å². The Morgan fingerprint density at radius 1 is 1.32 bits per heavy atom. The molecule has 2 heterocycles. The second-order valence-corrected chi connectivity index (χ2v) is 7.28. The van der Waals surface area contributed by atoms with Gasteiger partial charge in [-0.15, -0.1) is 11.8 Å². The first kappa shape index (κ1) is 15.6. The van der Waals surface area contributed by atoms with Gasteiger partial charge in [-0.2, -0.15) is 0 Å². The van der Waals surface area contributed by atoms with Crippen LogP contribution >= 0.6 is 23.1 Å². The monoisotopic (exact) mass is 335 g/mol. The molecule has 22 heavy (non-hydrogen) atoms. The highest BCUT2D eigenvalue weighted by Crippen LogP contribution is 2.34. The summed E-state index contributed by atoms with van der Waals surface area (Å²) in [5.74, 6) is 0.288. The van der Waals surface area contributed by atoms with Crippen LogP contribution in [0.2, 0.25) is 0 Å². The fourth-order valence-corrected chi connectivity index (χ4v) is 4.40. The molecule has 0 aliphatic carbocycles. The maximum absolute atomic E-state index is 12.0. The van der Waals surface area contributed by atoms with Gasteiger partial charge < -0.3 is 9.80 Å². The normalized spacial score (nSPS) is 15.5. The van der Waals surface area contributed by atoms with Crippen LogP contribution in [-0.4, -0.2) is 48.2 Å². The summed E-state index contributed by atoms with van der Waals surface area (Å²) in [5.41, 5.74) is 1.11. The number of piperazine rings is 1. The summed E-state index contributed by atoms with van der Waals surface area (Å²) in [4.78, 5) is 22.3. The second-order valence-electron chi connectivity index (χ2n) is 5.42. The smallest absolute Gasteiger partial charge is 0.222 e. The molecule has 1 aromatic heterocycles. The third-order valence-corrected chi connectivity index (χ3v) is 5.81. The molecule has 0 N–H and O–H groups in total. The van der Waals surface area contributed by atoms with Gasteiger partial charge >= 0.3 is 0 Å². The van der Waals surface area contributed by atoms with Gasteiger partial charge in [0.15, 0.2) is 5.13 Å². The van der Waals surface area contributed by atoms with E-state index in [4.69, 9.17) is 4.98 Å². The Balaban J connectivity index is 1.72. The molecule has 1 aromatic carbocycles. The van der Waals surface area contributed by atoms with Crippen molar-refractivity contribution in [3.8, 4) is 0 Å². The first-order valence-corrected chi connectivity index (χ1v) is 9.73. The van der Waals surface area contributed by atoms with Crippen molar-refractivity contribution in [1.29, 1.82) is 0 Å². The minimum atomic E-state index is 0.288. The van der Waals surface area contributed by atoms with E-state index in [-0.39, 0.29) is 5.91 Å². The summed E-state index contributed by atoms with van der Waals surface area (Å²) in [7, 11) is 0. The summed E-state index contributed by atoms with van der Waals surface area (Å²) in [6.07, 6.45) is 3.68. The molecule has 1 saturated heterocycles. The number of nitrogens with zero attached hydrogens (tertiary/aromatic N) is 3. The number of thiazole rings is 1. The summed E-state index contributed by atoms with van der Waals surface area (Å²) < 4.78 is 1.24. The molecule has 1 fully saturated rings. The van der Waals surface area contributed by atoms with E-state index in [0.29, 0.717) is 6.42 Å². The number of anilines is 1. The Kier molecular flexibility index (Phi) is 4.88. The number of amides is 1. The SMILES string of the molecule is CCCC(=O)N1CCN(c2nc3c(SC)cccc3s2)CC1. The Hall–Kier alpha value is -1.27. The molecular weight excluding hydrogens is 314 g/mol. The standard InChI is InChI=1S/C16H21N3OS2/c1-3-5-14(20)18-8-10-19(11-9-18)16-17-15-12(21-2)6-4-7-13(15)22-16/h4,6-7H,3,5,8-11H2,1-2H3. The lowest BCUT2D eigenvalue weighted by Gasteiger charge is -2.34. The number of thioether (sulfide) groups is 1. The van der Waals surface area contributed by atoms with Gasteiger partial charge in [0, 0.05) is 37.5 Å². The van der Waals surface area contributed by atoms with Crippen LogP contribution in [0.25, 0.3) is 10.2 Å². The van der Waals surface area contributed by atoms with E-state index < -0.39 is 0 Å². The van der Waals surface area contributed by atoms with Gasteiger partial charge in [-0.3, -0.25) is 4.79 Å². The highest BCUT2D eigenvalue weighted by molar-refractivity contribution is 7.98. The summed E-state index contributed by atoms with van der Waals surface area (Å²) in [5, 5.41) is 1.08. The van der Waals surface area contributed by atoms with E-state index in [2.05, 4.69) is 36.3 Å². The van der Waals surface area contributed by atoms with Gasteiger partial charge in [0.25, 0.3) is 0 Å². The lowest BCUT2D eigenvalue weighted by Crippen LogP contribution is -2.48. The lowest BCUT2D eigenvalue weighted by molar-refractivity contribution is -0.131. The van der Waals surface area contributed by atoms with Crippen molar-refractivity contribution in [2.45, 2.75) is 24.7 Å². The zero-order chi connectivity index (χ0) is 15.5. The number of hydrogen-bond acceptors (Lipinski definition) is 5. The molecule has 0 spiro atoms. The van der Waals surface area contributed by atoms with E-state index in [9.17, 15) is 4.79 Å². The number of fused-ring (bicyclic) bond motifs is 1. The van der Waals surface area contributed by atoms with Crippen molar-refractivity contribution in [3.05, 3.63) is 18.2 Å². The van der Waals surface area contributed by atoms with Crippen molar-refractivity contribution in [1.82, 2.24) is 9.88 Å². The van der Waals surface area contributed by atoms with Crippen LogP contribution < -0.4 is 4.90 Å². The van der Waals surface area contributed by atoms with E-state index in [0.717, 1.165) is 43.2 Å². The number of carbonyl (C=O) groups excluding carboxylic acids is 1. The molecule has 1 aliphatic rings. The quantitative estimate of drug-likeness (QED) is 0.802. The molecule has 2 aromatic rings. The molecule has 4 nitrogen and oxygen atoms in total. The topological polar surface area (TPSA) is 36.4 Å². The minimum absolute atomic E-state index is 0.288. The predicted octanol–water partition coefficient (Wildman–Crippen LogP) is 3.47. The molecule has 118 valence electrons. The molecular formula is C16H21N3OS2. The molecule has 0 atom stereocenters. The van der Waals surface area contributed by atoms with E-state index in [1.165, 1.54) is 9.60 Å². The Morgan fingerprint density at radius 2 is 2.09 bits per heavy atom. The Labute approximate surface area is 139 Å². The van der Waals surface area contributed by atoms with Gasteiger partial charge in [-0.1, -0.05) is 24.3 Å². The van der Waals surface area contributed by atoms with Crippen LogP contribution in [0.1, 0.15) is 19.8 Å². The Morgan fingerprint density at radius 3 is 2.77 bits per heavy atom. The molecule has 1 aliphatic heterocycles. The second kappa shape index (κ2) is 6.87. The average molecular weight is 335 g/mol. The summed E-state index contributed by atoms with van der Waals surface area (Å²) >= 11 is 3.49. The zero-order valence-corrected chi connectivity index (χ0v) is 14.7. The van der Waals surface area contributed by atoms with Crippen LogP contribution in [0.5, 0.6) is 0 Å². The number of hydrogen-bond donors (Lipinski definition) is 0. The fourth-order valence-electron chi connectivity index (χ4n) is 2.73. The summed E-state index contributed by atoms with van der Waals surface area (Å²) in [6.45, 7) is 5.43. The van der Waals surface area contributed by atoms with Crippen molar-refractivity contribution in [2.75, 3.05) is 37.3 Å². The van der Waals surface area contributed by atoms with Gasteiger partial charge in [0.2, 0.25) is 5.91 Å². The van der Waals surface area contributed by atoms with Crippen molar-refractivity contribution in [3.63, 3.8) is 0 Å². The molecule has 3 rings (SSSR count). The lowest BCUT2D eigenvalue weighted by atomic mass is 10.2. The van der Waals surface area contributed by atoms with Gasteiger partial charge in [-0.05, 0) is 24.8 Å². The first-order chi connectivity index (χ1) is 10.7. The van der Waals surface area contributed by atoms with Crippen LogP contribution in [0.4, 0.5) is 5.13 Å². The van der Waals surface area contributed by atoms with Gasteiger partial charge in [0.1, 0.15) is 0 Å². The van der Waals surface area contributed by atoms with E-state index >= 15 is 0 Å². The Bertz CT molecular complexity index is 662. The fraction of sp³-hybridized carbons (Fsp3) is 0.500. The van der Waals surface area contributed by atoms with Crippen molar-refractivity contribution in [2.24, 2.45) is 0 Å². The number of benzene rings is 1. The maximum Gasteiger partial charge on any atom is 0.222 e. The zero-order valence-electron chi connectivity index (χ0n) is 13.0. The van der Waals surface area contributed by atoms with Crippen LogP contribution in [-0.2, 0) is 4.79 Å². The predicted molar refractivity (Wildman–Crippen MR) is 95.1 cm³/mol. The highest BCUT2D eigenvalue weighted by Gasteiger charge is 2.22. The van der Waals surface area contributed by atoms with Crippen LogP contribution in [0, 0.1) is 0 Å². The molecule has 0 saturated carbocycles. The van der Waals surface area contributed by atoms with Crippen molar-refractivity contribution < 1.29 is 4.79 Å². The first-order valence-electron chi connectivity index (χ1n) is 7.69. The molecule has 0 unspecified atom stereocenters. The molecule has 6 heteroatoms. The molecule has 1 amide bonds. The number of para-hydroxylation sites is 1. The molecule has 0 radical (unpaired) electrons. The summed E-state index contributed by atoms with van der Waals surface area (Å²) in [6, 6.07) is 6.35. The third-order valence-electron chi connectivity index (χ3n) is 3.96. The van der Waals surface area contributed by atoms with E-state index in [1.807, 2.05) is 4.90 Å². The largest absolute Gasteiger partial charge is 0.345 e. The van der Waals surface area contributed by atoms with Crippen LogP contribution in [0.3, 0.4) is 0 Å². The third kappa shape index (κ3) is 3.08. The van der Waals surface area contributed by atoms with Gasteiger partial charge in [0.05, 0.1) is 10.2 Å². The minimum Gasteiger partial charge on any atom is -0.345 e. The highest BCUT2D eigenvalue weighted by atomic mass is 32.2. The molecule has 0 bridgehead atoms. The van der Waals surface area contributed by atoms with Crippen molar-refractivity contribution >= 4 is 44.4 Å². The number of carbonyl (C=O) groups is 1. The maximum atomic E-state index is 12.0. The van der Waals surface area contributed by atoms with E-state index in [1.54, 1.807) is 23.1 Å². The number of rotatable bonds is 4. The van der Waals surface area contributed by atoms with Gasteiger partial charge in [-0.25, -0.2) is 4.98 Å².